The molecular weight excluding hydrogens is 208 g/mol. The molecule has 5 heteroatoms. The van der Waals surface area contributed by atoms with E-state index in [0.29, 0.717) is 6.61 Å². The van der Waals surface area contributed by atoms with E-state index in [-0.39, 0.29) is 24.7 Å². The van der Waals surface area contributed by atoms with Crippen molar-refractivity contribution in [2.24, 2.45) is 0 Å². The second-order valence-electron chi connectivity index (χ2n) is 4.30. The van der Waals surface area contributed by atoms with Crippen LogP contribution in [0.2, 0.25) is 0 Å². The Balaban J connectivity index is 2.33. The highest BCUT2D eigenvalue weighted by Crippen LogP contribution is 2.16. The molecule has 0 bridgehead atoms. The summed E-state index contributed by atoms with van der Waals surface area (Å²) in [4.78, 5) is 13.6. The van der Waals surface area contributed by atoms with Crippen LogP contribution in [-0.2, 0) is 4.74 Å². The third kappa shape index (κ3) is 3.64. The number of amides is 2. The molecule has 2 amide bonds. The van der Waals surface area contributed by atoms with Crippen LogP contribution in [0.5, 0.6) is 0 Å². The number of nitrogens with one attached hydrogen (secondary N) is 1. The van der Waals surface area contributed by atoms with Gasteiger partial charge in [-0.3, -0.25) is 0 Å². The molecule has 1 aliphatic heterocycles. The molecule has 0 spiro atoms. The summed E-state index contributed by atoms with van der Waals surface area (Å²) < 4.78 is 4.96. The summed E-state index contributed by atoms with van der Waals surface area (Å²) in [5.74, 6) is 0. The van der Waals surface area contributed by atoms with Crippen LogP contribution in [-0.4, -0.2) is 55.0 Å². The van der Waals surface area contributed by atoms with Crippen LogP contribution in [0.1, 0.15) is 26.2 Å². The third-order valence-electron chi connectivity index (χ3n) is 2.97. The molecule has 16 heavy (non-hydrogen) atoms. The predicted octanol–water partition coefficient (Wildman–Crippen LogP) is 0.578. The van der Waals surface area contributed by atoms with E-state index in [0.717, 1.165) is 25.8 Å². The normalized spacial score (nSPS) is 22.2. The minimum absolute atomic E-state index is 0.00498. The predicted molar refractivity (Wildman–Crippen MR) is 61.3 cm³/mol. The van der Waals surface area contributed by atoms with Gasteiger partial charge in [0.1, 0.15) is 0 Å². The summed E-state index contributed by atoms with van der Waals surface area (Å²) in [6.07, 6.45) is 2.68. The first kappa shape index (κ1) is 13.3. The fourth-order valence-electron chi connectivity index (χ4n) is 1.95. The quantitative estimate of drug-likeness (QED) is 0.726. The molecule has 2 unspecified atom stereocenters. The van der Waals surface area contributed by atoms with Crippen molar-refractivity contribution in [1.82, 2.24) is 10.2 Å². The summed E-state index contributed by atoms with van der Waals surface area (Å²) in [5.41, 5.74) is 0. The van der Waals surface area contributed by atoms with Gasteiger partial charge in [0, 0.05) is 26.3 Å². The summed E-state index contributed by atoms with van der Waals surface area (Å²) in [5, 5.41) is 12.0. The smallest absolute Gasteiger partial charge is 0.317 e. The maximum atomic E-state index is 11.9. The number of carbonyl (C=O) groups excluding carboxylic acids is 1. The lowest BCUT2D eigenvalue weighted by molar-refractivity contribution is 0.150. The number of likely N-dealkylation sites (tertiary alicyclic amines) is 1. The highest BCUT2D eigenvalue weighted by molar-refractivity contribution is 5.75. The monoisotopic (exact) mass is 230 g/mol. The molecule has 0 aromatic carbocycles. The summed E-state index contributed by atoms with van der Waals surface area (Å²) in [7, 11) is 1.65. The minimum Gasteiger partial charge on any atom is -0.394 e. The maximum absolute atomic E-state index is 11.9. The van der Waals surface area contributed by atoms with Gasteiger partial charge in [-0.05, 0) is 26.2 Å². The van der Waals surface area contributed by atoms with Crippen molar-refractivity contribution in [2.45, 2.75) is 38.3 Å². The van der Waals surface area contributed by atoms with Crippen LogP contribution >= 0.6 is 0 Å². The van der Waals surface area contributed by atoms with E-state index < -0.39 is 0 Å². The number of hydrogen-bond acceptors (Lipinski definition) is 3. The van der Waals surface area contributed by atoms with Gasteiger partial charge >= 0.3 is 6.03 Å². The van der Waals surface area contributed by atoms with E-state index >= 15 is 0 Å². The standard InChI is InChI=1S/C11H22N2O3/c1-9(5-7-16-2)12-11(15)13-6-3-4-10(13)8-14/h9-10,14H,3-8H2,1-2H3,(H,12,15). The van der Waals surface area contributed by atoms with Gasteiger partial charge < -0.3 is 20.1 Å². The average Bonchev–Trinajstić information content (AvgIpc) is 2.74. The topological polar surface area (TPSA) is 61.8 Å². The number of methoxy groups -OCH3 is 1. The number of rotatable bonds is 5. The molecule has 5 nitrogen and oxygen atoms in total. The molecule has 1 saturated heterocycles. The Morgan fingerprint density at radius 2 is 2.44 bits per heavy atom. The lowest BCUT2D eigenvalue weighted by Gasteiger charge is -2.25. The van der Waals surface area contributed by atoms with Gasteiger partial charge in [-0.15, -0.1) is 0 Å². The number of nitrogens with zero attached hydrogens (tertiary/aromatic N) is 1. The molecule has 2 N–H and O–H groups in total. The first-order chi connectivity index (χ1) is 7.69. The van der Waals surface area contributed by atoms with Crippen molar-refractivity contribution >= 4 is 6.03 Å². The number of aliphatic hydroxyl groups excluding tert-OH is 1. The average molecular weight is 230 g/mol. The molecule has 0 aromatic heterocycles. The number of carbonyl (C=O) groups is 1. The highest BCUT2D eigenvalue weighted by Gasteiger charge is 2.28. The highest BCUT2D eigenvalue weighted by atomic mass is 16.5. The van der Waals surface area contributed by atoms with Crippen LogP contribution in [0.15, 0.2) is 0 Å². The van der Waals surface area contributed by atoms with Gasteiger partial charge in [-0.2, -0.15) is 0 Å². The fraction of sp³-hybridized carbons (Fsp3) is 0.909. The zero-order chi connectivity index (χ0) is 12.0. The van der Waals surface area contributed by atoms with E-state index in [1.54, 1.807) is 12.0 Å². The molecule has 0 aliphatic carbocycles. The fourth-order valence-corrected chi connectivity index (χ4v) is 1.95. The molecular formula is C11H22N2O3. The zero-order valence-corrected chi connectivity index (χ0v) is 10.1. The first-order valence-electron chi connectivity index (χ1n) is 5.86. The van der Waals surface area contributed by atoms with E-state index in [1.165, 1.54) is 0 Å². The number of hydrogen-bond donors (Lipinski definition) is 2. The Morgan fingerprint density at radius 3 is 3.06 bits per heavy atom. The van der Waals surface area contributed by atoms with Crippen molar-refractivity contribution in [3.05, 3.63) is 0 Å². The van der Waals surface area contributed by atoms with E-state index in [2.05, 4.69) is 5.32 Å². The second-order valence-corrected chi connectivity index (χ2v) is 4.30. The van der Waals surface area contributed by atoms with Crippen LogP contribution in [0.4, 0.5) is 4.79 Å². The maximum Gasteiger partial charge on any atom is 0.317 e. The molecule has 1 aliphatic rings. The second kappa shape index (κ2) is 6.70. The van der Waals surface area contributed by atoms with Crippen molar-refractivity contribution in [2.75, 3.05) is 26.9 Å². The Morgan fingerprint density at radius 1 is 1.69 bits per heavy atom. The minimum atomic E-state index is -0.0693. The number of ether oxygens (including phenoxy) is 1. The van der Waals surface area contributed by atoms with Gasteiger partial charge in [0.15, 0.2) is 0 Å². The van der Waals surface area contributed by atoms with Crippen LogP contribution in [0.3, 0.4) is 0 Å². The molecule has 1 fully saturated rings. The summed E-state index contributed by atoms with van der Waals surface area (Å²) in [6.45, 7) is 3.40. The van der Waals surface area contributed by atoms with Crippen molar-refractivity contribution < 1.29 is 14.6 Å². The Hall–Kier alpha value is -0.810. The third-order valence-corrected chi connectivity index (χ3v) is 2.97. The van der Waals surface area contributed by atoms with Crippen LogP contribution in [0.25, 0.3) is 0 Å². The van der Waals surface area contributed by atoms with Gasteiger partial charge in [0.05, 0.1) is 12.6 Å². The number of urea groups is 1. The first-order valence-corrected chi connectivity index (χ1v) is 5.86. The van der Waals surface area contributed by atoms with E-state index in [1.807, 2.05) is 6.92 Å². The Kier molecular flexibility index (Phi) is 5.55. The molecule has 1 rings (SSSR count). The SMILES string of the molecule is COCCC(C)NC(=O)N1CCCC1CO. The van der Waals surface area contributed by atoms with E-state index in [9.17, 15) is 4.79 Å². The lowest BCUT2D eigenvalue weighted by atomic mass is 10.2. The zero-order valence-electron chi connectivity index (χ0n) is 10.1. The molecule has 0 saturated carbocycles. The molecule has 0 radical (unpaired) electrons. The summed E-state index contributed by atoms with van der Waals surface area (Å²) >= 11 is 0. The lowest BCUT2D eigenvalue weighted by Crippen LogP contribution is -2.47. The molecule has 94 valence electrons. The molecule has 0 aromatic rings. The Bertz CT molecular complexity index is 223. The van der Waals surface area contributed by atoms with Crippen LogP contribution < -0.4 is 5.32 Å². The van der Waals surface area contributed by atoms with Gasteiger partial charge in [-0.1, -0.05) is 0 Å². The van der Waals surface area contributed by atoms with Gasteiger partial charge in [0.25, 0.3) is 0 Å². The van der Waals surface area contributed by atoms with Gasteiger partial charge in [-0.25, -0.2) is 4.79 Å². The van der Waals surface area contributed by atoms with Gasteiger partial charge in [0.2, 0.25) is 0 Å². The van der Waals surface area contributed by atoms with Crippen LogP contribution in [0, 0.1) is 0 Å². The van der Waals surface area contributed by atoms with Crippen molar-refractivity contribution in [3.63, 3.8) is 0 Å². The van der Waals surface area contributed by atoms with Crippen molar-refractivity contribution in [1.29, 1.82) is 0 Å². The summed E-state index contributed by atoms with van der Waals surface area (Å²) in [6, 6.07) is 0.0298. The number of aliphatic hydroxyl groups is 1. The molecule has 1 heterocycles. The largest absolute Gasteiger partial charge is 0.394 e. The van der Waals surface area contributed by atoms with Crippen molar-refractivity contribution in [3.8, 4) is 0 Å². The Labute approximate surface area is 96.8 Å². The van der Waals surface area contributed by atoms with E-state index in [4.69, 9.17) is 9.84 Å². The molecule has 2 atom stereocenters.